The molecular weight excluding hydrogens is 388 g/mol. The summed E-state index contributed by atoms with van der Waals surface area (Å²) in [6, 6.07) is 20.6. The largest absolute Gasteiger partial charge is 0.452 e. The van der Waals surface area contributed by atoms with Crippen LogP contribution in [0, 0.1) is 20.8 Å². The van der Waals surface area contributed by atoms with Crippen LogP contribution >= 0.6 is 0 Å². The van der Waals surface area contributed by atoms with Crippen molar-refractivity contribution in [2.45, 2.75) is 20.8 Å². The third-order valence-electron chi connectivity index (χ3n) is 5.01. The minimum absolute atomic E-state index is 0.111. The summed E-state index contributed by atoms with van der Waals surface area (Å²) in [6.07, 6.45) is 2.96. The molecule has 0 saturated heterocycles. The van der Waals surface area contributed by atoms with E-state index in [4.69, 9.17) is 9.15 Å². The van der Waals surface area contributed by atoms with Gasteiger partial charge in [0.25, 0.3) is 0 Å². The van der Waals surface area contributed by atoms with E-state index < -0.39 is 5.97 Å². The number of carbonyl (C=O) groups excluding carboxylic acids is 1. The van der Waals surface area contributed by atoms with Gasteiger partial charge in [0.2, 0.25) is 11.2 Å². The van der Waals surface area contributed by atoms with Crippen molar-refractivity contribution >= 4 is 23.0 Å². The van der Waals surface area contributed by atoms with E-state index in [0.717, 1.165) is 22.3 Å². The number of aryl methyl sites for hydroxylation is 3. The average Bonchev–Trinajstić information content (AvgIpc) is 2.76. The van der Waals surface area contributed by atoms with Gasteiger partial charge in [-0.05, 0) is 44.5 Å². The highest BCUT2D eigenvalue weighted by atomic mass is 16.5. The minimum atomic E-state index is -0.645. The Morgan fingerprint density at radius 2 is 1.45 bits per heavy atom. The van der Waals surface area contributed by atoms with E-state index in [9.17, 15) is 9.59 Å². The summed E-state index contributed by atoms with van der Waals surface area (Å²) >= 11 is 0. The Hall–Kier alpha value is -3.92. The predicted molar refractivity (Wildman–Crippen MR) is 123 cm³/mol. The van der Waals surface area contributed by atoms with Gasteiger partial charge in [-0.15, -0.1) is 0 Å². The molecule has 3 aromatic carbocycles. The zero-order valence-electron chi connectivity index (χ0n) is 17.6. The van der Waals surface area contributed by atoms with Crippen LogP contribution in [0.4, 0.5) is 0 Å². The molecule has 4 rings (SSSR count). The summed E-state index contributed by atoms with van der Waals surface area (Å²) in [6.45, 7) is 5.86. The number of hydrogen-bond donors (Lipinski definition) is 0. The molecule has 0 radical (unpaired) electrons. The monoisotopic (exact) mass is 410 g/mol. The lowest BCUT2D eigenvalue weighted by Crippen LogP contribution is -2.14. The predicted octanol–water partition coefficient (Wildman–Crippen LogP) is 6.00. The maximum Gasteiger partial charge on any atom is 0.336 e. The van der Waals surface area contributed by atoms with Crippen molar-refractivity contribution in [3.8, 4) is 17.1 Å². The third-order valence-corrected chi connectivity index (χ3v) is 5.01. The zero-order chi connectivity index (χ0) is 22.0. The fourth-order valence-electron chi connectivity index (χ4n) is 3.26. The van der Waals surface area contributed by atoms with Gasteiger partial charge < -0.3 is 9.15 Å². The fourth-order valence-corrected chi connectivity index (χ4v) is 3.26. The SMILES string of the molecule is Cc1ccc(/C=C/C(=O)Oc2c(-c3ccc(C)cc3)oc3ccc(C)cc3c2=O)cc1. The molecular formula is C27H22O4. The first-order valence-electron chi connectivity index (χ1n) is 10.0. The van der Waals surface area contributed by atoms with Crippen LogP contribution in [-0.4, -0.2) is 5.97 Å². The van der Waals surface area contributed by atoms with Gasteiger partial charge in [-0.2, -0.15) is 0 Å². The highest BCUT2D eigenvalue weighted by molar-refractivity contribution is 5.91. The molecule has 31 heavy (non-hydrogen) atoms. The van der Waals surface area contributed by atoms with Crippen LogP contribution < -0.4 is 10.2 Å². The summed E-state index contributed by atoms with van der Waals surface area (Å²) in [5, 5.41) is 0.376. The Balaban J connectivity index is 1.77. The number of benzene rings is 3. The van der Waals surface area contributed by atoms with E-state index in [-0.39, 0.29) is 16.9 Å². The quantitative estimate of drug-likeness (QED) is 0.306. The Bertz CT molecular complexity index is 1340. The molecule has 0 aliphatic heterocycles. The maximum absolute atomic E-state index is 13.2. The van der Waals surface area contributed by atoms with Crippen molar-refractivity contribution in [3.05, 3.63) is 105 Å². The standard InChI is InChI=1S/C27H22O4/c1-17-4-9-20(10-5-17)11-15-24(28)31-27-25(29)22-16-19(3)8-14-23(22)30-26(27)21-12-6-18(2)7-13-21/h4-16H,1-3H3/b15-11+. The van der Waals surface area contributed by atoms with Crippen molar-refractivity contribution in [2.75, 3.05) is 0 Å². The number of esters is 1. The van der Waals surface area contributed by atoms with Gasteiger partial charge in [-0.25, -0.2) is 4.79 Å². The number of fused-ring (bicyclic) bond motifs is 1. The van der Waals surface area contributed by atoms with E-state index in [1.165, 1.54) is 6.08 Å². The van der Waals surface area contributed by atoms with Crippen LogP contribution in [0.5, 0.6) is 5.75 Å². The molecule has 1 heterocycles. The number of hydrogen-bond acceptors (Lipinski definition) is 4. The molecule has 0 amide bonds. The molecule has 0 N–H and O–H groups in total. The molecule has 0 spiro atoms. The first kappa shape index (κ1) is 20.4. The van der Waals surface area contributed by atoms with Crippen LogP contribution in [0.1, 0.15) is 22.3 Å². The molecule has 4 aromatic rings. The Labute approximate surface area is 180 Å². The number of rotatable bonds is 4. The van der Waals surface area contributed by atoms with E-state index in [2.05, 4.69) is 0 Å². The molecule has 4 heteroatoms. The summed E-state index contributed by atoms with van der Waals surface area (Å²) < 4.78 is 11.6. The van der Waals surface area contributed by atoms with Crippen LogP contribution in [0.3, 0.4) is 0 Å². The van der Waals surface area contributed by atoms with Crippen molar-refractivity contribution in [3.63, 3.8) is 0 Å². The molecule has 0 aliphatic carbocycles. The summed E-state index contributed by atoms with van der Waals surface area (Å²) in [4.78, 5) is 25.8. The Morgan fingerprint density at radius 3 is 2.13 bits per heavy atom. The van der Waals surface area contributed by atoms with Gasteiger partial charge in [0, 0.05) is 11.6 Å². The van der Waals surface area contributed by atoms with Crippen LogP contribution in [-0.2, 0) is 4.79 Å². The lowest BCUT2D eigenvalue weighted by atomic mass is 10.1. The van der Waals surface area contributed by atoms with Crippen molar-refractivity contribution in [1.82, 2.24) is 0 Å². The first-order chi connectivity index (χ1) is 14.9. The molecule has 0 aliphatic rings. The van der Waals surface area contributed by atoms with Gasteiger partial charge in [0.05, 0.1) is 5.39 Å². The highest BCUT2D eigenvalue weighted by Crippen LogP contribution is 2.31. The summed E-state index contributed by atoms with van der Waals surface area (Å²) in [5.74, 6) is -0.521. The van der Waals surface area contributed by atoms with Gasteiger partial charge in [0.15, 0.2) is 5.76 Å². The van der Waals surface area contributed by atoms with E-state index in [0.29, 0.717) is 16.5 Å². The second kappa shape index (κ2) is 8.44. The Morgan fingerprint density at radius 1 is 0.839 bits per heavy atom. The van der Waals surface area contributed by atoms with Crippen molar-refractivity contribution in [2.24, 2.45) is 0 Å². The molecule has 0 fully saturated rings. The Kier molecular flexibility index (Phi) is 5.54. The van der Waals surface area contributed by atoms with Crippen LogP contribution in [0.15, 0.2) is 82.0 Å². The lowest BCUT2D eigenvalue weighted by molar-refractivity contribution is -0.129. The van der Waals surface area contributed by atoms with Gasteiger partial charge in [0.1, 0.15) is 5.58 Å². The van der Waals surface area contributed by atoms with Crippen molar-refractivity contribution in [1.29, 1.82) is 0 Å². The van der Waals surface area contributed by atoms with Crippen LogP contribution in [0.2, 0.25) is 0 Å². The molecule has 0 saturated carbocycles. The number of ether oxygens (including phenoxy) is 1. The van der Waals surface area contributed by atoms with Gasteiger partial charge in [-0.3, -0.25) is 4.79 Å². The van der Waals surface area contributed by atoms with E-state index in [1.54, 1.807) is 18.2 Å². The fraction of sp³-hybridized carbons (Fsp3) is 0.111. The van der Waals surface area contributed by atoms with E-state index >= 15 is 0 Å². The van der Waals surface area contributed by atoms with Crippen molar-refractivity contribution < 1.29 is 13.9 Å². The molecule has 0 unspecified atom stereocenters. The molecule has 154 valence electrons. The first-order valence-corrected chi connectivity index (χ1v) is 10.0. The third kappa shape index (κ3) is 4.48. The smallest absolute Gasteiger partial charge is 0.336 e. The molecule has 1 aromatic heterocycles. The second-order valence-corrected chi connectivity index (χ2v) is 7.62. The summed E-state index contributed by atoms with van der Waals surface area (Å²) in [5.41, 5.74) is 4.71. The molecule has 0 bridgehead atoms. The van der Waals surface area contributed by atoms with E-state index in [1.807, 2.05) is 75.4 Å². The van der Waals surface area contributed by atoms with Gasteiger partial charge >= 0.3 is 5.97 Å². The minimum Gasteiger partial charge on any atom is -0.452 e. The van der Waals surface area contributed by atoms with Gasteiger partial charge in [-0.1, -0.05) is 71.3 Å². The highest BCUT2D eigenvalue weighted by Gasteiger charge is 2.20. The average molecular weight is 410 g/mol. The normalized spacial score (nSPS) is 11.2. The second-order valence-electron chi connectivity index (χ2n) is 7.62. The van der Waals surface area contributed by atoms with Crippen LogP contribution in [0.25, 0.3) is 28.4 Å². The zero-order valence-corrected chi connectivity index (χ0v) is 17.6. The molecule has 0 atom stereocenters. The number of carbonyl (C=O) groups is 1. The topological polar surface area (TPSA) is 56.5 Å². The lowest BCUT2D eigenvalue weighted by Gasteiger charge is -2.10. The maximum atomic E-state index is 13.2. The molecule has 4 nitrogen and oxygen atoms in total. The summed E-state index contributed by atoms with van der Waals surface area (Å²) in [7, 11) is 0.